The van der Waals surface area contributed by atoms with Crippen molar-refractivity contribution >= 4 is 31.6 Å². The van der Waals surface area contributed by atoms with Gasteiger partial charge in [-0.2, -0.15) is 0 Å². The molecule has 0 saturated heterocycles. The summed E-state index contributed by atoms with van der Waals surface area (Å²) in [5.41, 5.74) is 2.43. The standard InChI is InChI=1S/C17H20N2O5S2/c1-11-9-12(2)17(13(3)10-11)26(23,24)19-15-5-7-16(8-6-15)25(21,22)18-14(4)20/h5-10,19H,1-4H3,(H,18,20). The predicted molar refractivity (Wildman–Crippen MR) is 98.9 cm³/mol. The molecule has 0 bridgehead atoms. The average molecular weight is 396 g/mol. The predicted octanol–water partition coefficient (Wildman–Crippen LogP) is 2.24. The second-order valence-corrected chi connectivity index (χ2v) is 9.32. The molecule has 0 atom stereocenters. The summed E-state index contributed by atoms with van der Waals surface area (Å²) in [4.78, 5) is 11.0. The molecule has 0 spiro atoms. The van der Waals surface area contributed by atoms with E-state index in [2.05, 4.69) is 4.72 Å². The van der Waals surface area contributed by atoms with Crippen LogP contribution < -0.4 is 9.44 Å². The lowest BCUT2D eigenvalue weighted by Crippen LogP contribution is -2.28. The molecule has 2 aromatic rings. The number of sulfonamides is 2. The van der Waals surface area contributed by atoms with E-state index in [4.69, 9.17) is 0 Å². The number of benzene rings is 2. The van der Waals surface area contributed by atoms with Crippen molar-refractivity contribution < 1.29 is 21.6 Å². The van der Waals surface area contributed by atoms with Crippen molar-refractivity contribution in [3.8, 4) is 0 Å². The maximum atomic E-state index is 12.7. The first-order chi connectivity index (χ1) is 11.9. The molecule has 0 aliphatic rings. The first-order valence-corrected chi connectivity index (χ1v) is 10.6. The molecule has 0 heterocycles. The van der Waals surface area contributed by atoms with Gasteiger partial charge in [0.15, 0.2) is 0 Å². The van der Waals surface area contributed by atoms with Crippen LogP contribution in [-0.2, 0) is 24.8 Å². The number of aryl methyl sites for hydroxylation is 3. The Morgan fingerprint density at radius 2 is 1.35 bits per heavy atom. The molecule has 2 rings (SSSR count). The van der Waals surface area contributed by atoms with Gasteiger partial charge in [0.05, 0.1) is 9.79 Å². The largest absolute Gasteiger partial charge is 0.280 e. The van der Waals surface area contributed by atoms with Crippen LogP contribution in [0.5, 0.6) is 0 Å². The molecular weight excluding hydrogens is 376 g/mol. The molecule has 0 fully saturated rings. The second-order valence-electron chi connectivity index (χ2n) is 6.02. The van der Waals surface area contributed by atoms with E-state index >= 15 is 0 Å². The molecule has 2 aromatic carbocycles. The van der Waals surface area contributed by atoms with Crippen molar-refractivity contribution in [3.05, 3.63) is 53.1 Å². The zero-order chi connectivity index (χ0) is 19.7. The van der Waals surface area contributed by atoms with Crippen LogP contribution in [0.4, 0.5) is 5.69 Å². The summed E-state index contributed by atoms with van der Waals surface area (Å²) in [6, 6.07) is 8.65. The fraction of sp³-hybridized carbons (Fsp3) is 0.235. The number of rotatable bonds is 5. The zero-order valence-corrected chi connectivity index (χ0v) is 16.5. The number of carbonyl (C=O) groups excluding carboxylic acids is 1. The van der Waals surface area contributed by atoms with Crippen molar-refractivity contribution in [2.45, 2.75) is 37.5 Å². The van der Waals surface area contributed by atoms with Gasteiger partial charge in [0, 0.05) is 12.6 Å². The number of amides is 1. The SMILES string of the molecule is CC(=O)NS(=O)(=O)c1ccc(NS(=O)(=O)c2c(C)cc(C)cc2C)cc1. The summed E-state index contributed by atoms with van der Waals surface area (Å²) in [7, 11) is -7.80. The topological polar surface area (TPSA) is 109 Å². The Morgan fingerprint density at radius 3 is 1.81 bits per heavy atom. The highest BCUT2D eigenvalue weighted by molar-refractivity contribution is 7.92. The van der Waals surface area contributed by atoms with Gasteiger partial charge in [0.25, 0.3) is 20.0 Å². The summed E-state index contributed by atoms with van der Waals surface area (Å²) in [5.74, 6) is -0.708. The van der Waals surface area contributed by atoms with Crippen LogP contribution in [0.1, 0.15) is 23.6 Å². The highest BCUT2D eigenvalue weighted by Crippen LogP contribution is 2.25. The smallest absolute Gasteiger partial charge is 0.264 e. The third kappa shape index (κ3) is 4.41. The van der Waals surface area contributed by atoms with Gasteiger partial charge >= 0.3 is 0 Å². The lowest BCUT2D eigenvalue weighted by molar-refractivity contribution is -0.117. The van der Waals surface area contributed by atoms with Gasteiger partial charge in [-0.1, -0.05) is 17.7 Å². The van der Waals surface area contributed by atoms with Crippen molar-refractivity contribution in [2.75, 3.05) is 4.72 Å². The maximum absolute atomic E-state index is 12.7. The molecule has 1 amide bonds. The second kappa shape index (κ2) is 7.08. The molecule has 2 N–H and O–H groups in total. The Hall–Kier alpha value is -2.39. The fourth-order valence-corrected chi connectivity index (χ4v) is 5.25. The van der Waals surface area contributed by atoms with Crippen LogP contribution in [0.25, 0.3) is 0 Å². The number of nitrogens with one attached hydrogen (secondary N) is 2. The molecular formula is C17H20N2O5S2. The first kappa shape index (κ1) is 19.9. The van der Waals surface area contributed by atoms with E-state index in [0.717, 1.165) is 12.5 Å². The van der Waals surface area contributed by atoms with E-state index in [1.54, 1.807) is 26.0 Å². The maximum Gasteiger partial charge on any atom is 0.264 e. The van der Waals surface area contributed by atoms with E-state index in [9.17, 15) is 21.6 Å². The lowest BCUT2D eigenvalue weighted by atomic mass is 10.1. The van der Waals surface area contributed by atoms with Gasteiger partial charge in [0.2, 0.25) is 5.91 Å². The summed E-state index contributed by atoms with van der Waals surface area (Å²) in [6.07, 6.45) is 0. The highest BCUT2D eigenvalue weighted by Gasteiger charge is 2.21. The van der Waals surface area contributed by atoms with Crippen LogP contribution in [0.2, 0.25) is 0 Å². The van der Waals surface area contributed by atoms with Gasteiger partial charge in [-0.25, -0.2) is 21.6 Å². The summed E-state index contributed by atoms with van der Waals surface area (Å²) in [5, 5.41) is 0. The Kier molecular flexibility index (Phi) is 5.43. The van der Waals surface area contributed by atoms with Crippen LogP contribution in [-0.4, -0.2) is 22.7 Å². The van der Waals surface area contributed by atoms with Gasteiger partial charge in [-0.15, -0.1) is 0 Å². The molecule has 0 aliphatic heterocycles. The van der Waals surface area contributed by atoms with Crippen molar-refractivity contribution in [1.82, 2.24) is 4.72 Å². The molecule has 7 nitrogen and oxygen atoms in total. The minimum atomic E-state index is -3.97. The molecule has 140 valence electrons. The van der Waals surface area contributed by atoms with Gasteiger partial charge in [0.1, 0.15) is 0 Å². The minimum Gasteiger partial charge on any atom is -0.280 e. The van der Waals surface area contributed by atoms with E-state index in [-0.39, 0.29) is 15.5 Å². The lowest BCUT2D eigenvalue weighted by Gasteiger charge is -2.14. The number of hydrogen-bond donors (Lipinski definition) is 2. The molecule has 0 radical (unpaired) electrons. The van der Waals surface area contributed by atoms with E-state index in [1.165, 1.54) is 24.3 Å². The Bertz CT molecular complexity index is 1030. The molecule has 0 aromatic heterocycles. The normalized spacial score (nSPS) is 11.8. The van der Waals surface area contributed by atoms with Gasteiger partial charge in [-0.05, 0) is 56.2 Å². The van der Waals surface area contributed by atoms with Crippen molar-refractivity contribution in [3.63, 3.8) is 0 Å². The summed E-state index contributed by atoms with van der Waals surface area (Å²) >= 11 is 0. The van der Waals surface area contributed by atoms with Gasteiger partial charge in [-0.3, -0.25) is 9.52 Å². The monoisotopic (exact) mass is 396 g/mol. The minimum absolute atomic E-state index is 0.140. The summed E-state index contributed by atoms with van der Waals surface area (Å²) in [6.45, 7) is 6.42. The molecule has 9 heteroatoms. The first-order valence-electron chi connectivity index (χ1n) is 7.66. The number of anilines is 1. The van der Waals surface area contributed by atoms with Gasteiger partial charge < -0.3 is 0 Å². The molecule has 26 heavy (non-hydrogen) atoms. The fourth-order valence-electron chi connectivity index (χ4n) is 2.75. The third-order valence-electron chi connectivity index (χ3n) is 3.57. The zero-order valence-electron chi connectivity index (χ0n) is 14.8. The van der Waals surface area contributed by atoms with Crippen LogP contribution in [0.15, 0.2) is 46.2 Å². The van der Waals surface area contributed by atoms with E-state index in [0.29, 0.717) is 11.1 Å². The Labute approximate surface area is 153 Å². The third-order valence-corrected chi connectivity index (χ3v) is 6.70. The quantitative estimate of drug-likeness (QED) is 0.805. The Balaban J connectivity index is 2.33. The van der Waals surface area contributed by atoms with Crippen LogP contribution >= 0.6 is 0 Å². The van der Waals surface area contributed by atoms with E-state index < -0.39 is 26.0 Å². The van der Waals surface area contributed by atoms with E-state index in [1.807, 2.05) is 11.6 Å². The molecule has 0 unspecified atom stereocenters. The van der Waals surface area contributed by atoms with Crippen LogP contribution in [0.3, 0.4) is 0 Å². The van der Waals surface area contributed by atoms with Crippen molar-refractivity contribution in [1.29, 1.82) is 0 Å². The number of hydrogen-bond acceptors (Lipinski definition) is 5. The highest BCUT2D eigenvalue weighted by atomic mass is 32.2. The summed E-state index contributed by atoms with van der Waals surface area (Å²) < 4.78 is 53.5. The molecule has 0 saturated carbocycles. The Morgan fingerprint density at radius 1 is 0.846 bits per heavy atom. The molecule has 0 aliphatic carbocycles. The number of carbonyl (C=O) groups is 1. The van der Waals surface area contributed by atoms with Crippen LogP contribution in [0, 0.1) is 20.8 Å². The average Bonchev–Trinajstić information content (AvgIpc) is 2.44. The van der Waals surface area contributed by atoms with Crippen molar-refractivity contribution in [2.24, 2.45) is 0 Å².